The molecule has 0 radical (unpaired) electrons. The van der Waals surface area contributed by atoms with Crippen LogP contribution in [0.5, 0.6) is 0 Å². The number of halogens is 1. The van der Waals surface area contributed by atoms with Crippen LogP contribution in [0.4, 0.5) is 4.39 Å². The van der Waals surface area contributed by atoms with Gasteiger partial charge in [0.05, 0.1) is 12.0 Å². The van der Waals surface area contributed by atoms with Crippen LogP contribution < -0.4 is 5.32 Å². The van der Waals surface area contributed by atoms with Crippen molar-refractivity contribution < 1.29 is 14.0 Å². The molecule has 4 nitrogen and oxygen atoms in total. The Hall–Kier alpha value is -2.69. The van der Waals surface area contributed by atoms with Crippen LogP contribution in [0.2, 0.25) is 0 Å². The zero-order valence-corrected chi connectivity index (χ0v) is 15.8. The van der Waals surface area contributed by atoms with Gasteiger partial charge < -0.3 is 10.2 Å². The summed E-state index contributed by atoms with van der Waals surface area (Å²) in [6.45, 7) is 0.746. The lowest BCUT2D eigenvalue weighted by Gasteiger charge is -2.39. The van der Waals surface area contributed by atoms with Crippen LogP contribution in [0.1, 0.15) is 42.9 Å². The summed E-state index contributed by atoms with van der Waals surface area (Å²) >= 11 is 0. The number of likely N-dealkylation sites (tertiary alicyclic amines) is 1. The number of carbonyl (C=O) groups is 2. The standard InChI is InChI=1S/C23H25FN2O2/c24-20-8-4-5-16(13-20)14-25-22(27)19-11-12-21(17-6-2-1-3-7-17)26(15-19)23(28)18-9-10-18/h1-8,13,18-19,21H,9-12,14-15H2,(H,25,27)/t19-,21-/m0/s1. The lowest BCUT2D eigenvalue weighted by Crippen LogP contribution is -2.47. The van der Waals surface area contributed by atoms with Crippen molar-refractivity contribution in [2.45, 2.75) is 38.3 Å². The minimum absolute atomic E-state index is 0.0431. The molecule has 2 aromatic carbocycles. The van der Waals surface area contributed by atoms with Crippen molar-refractivity contribution in [1.29, 1.82) is 0 Å². The monoisotopic (exact) mass is 380 g/mol. The molecule has 2 atom stereocenters. The van der Waals surface area contributed by atoms with Crippen LogP contribution >= 0.6 is 0 Å². The van der Waals surface area contributed by atoms with Gasteiger partial charge in [-0.25, -0.2) is 4.39 Å². The quantitative estimate of drug-likeness (QED) is 0.857. The summed E-state index contributed by atoms with van der Waals surface area (Å²) in [4.78, 5) is 27.5. The summed E-state index contributed by atoms with van der Waals surface area (Å²) in [6, 6.07) is 16.4. The van der Waals surface area contributed by atoms with Crippen molar-refractivity contribution in [2.75, 3.05) is 6.54 Å². The zero-order chi connectivity index (χ0) is 19.5. The number of nitrogens with one attached hydrogen (secondary N) is 1. The number of benzene rings is 2. The van der Waals surface area contributed by atoms with E-state index in [1.165, 1.54) is 12.1 Å². The smallest absolute Gasteiger partial charge is 0.226 e. The Morgan fingerprint density at radius 1 is 0.964 bits per heavy atom. The van der Waals surface area contributed by atoms with E-state index in [1.54, 1.807) is 12.1 Å². The molecular weight excluding hydrogens is 355 g/mol. The molecule has 1 saturated carbocycles. The number of amides is 2. The molecule has 2 aliphatic rings. The molecule has 1 heterocycles. The molecule has 0 bridgehead atoms. The second-order valence-corrected chi connectivity index (χ2v) is 7.81. The van der Waals surface area contributed by atoms with E-state index >= 15 is 0 Å². The van der Waals surface area contributed by atoms with Crippen LogP contribution in [0.3, 0.4) is 0 Å². The Morgan fingerprint density at radius 3 is 2.43 bits per heavy atom. The molecule has 146 valence electrons. The van der Waals surface area contributed by atoms with Crippen molar-refractivity contribution in [3.63, 3.8) is 0 Å². The fourth-order valence-corrected chi connectivity index (χ4v) is 4.00. The predicted octanol–water partition coefficient (Wildman–Crippen LogP) is 3.83. The summed E-state index contributed by atoms with van der Waals surface area (Å²) < 4.78 is 13.3. The molecule has 4 rings (SSSR count). The molecular formula is C23H25FN2O2. The van der Waals surface area contributed by atoms with Gasteiger partial charge in [0.2, 0.25) is 11.8 Å². The van der Waals surface area contributed by atoms with Crippen LogP contribution in [-0.4, -0.2) is 23.3 Å². The van der Waals surface area contributed by atoms with Gasteiger partial charge in [-0.15, -0.1) is 0 Å². The first-order valence-electron chi connectivity index (χ1n) is 9.99. The average molecular weight is 380 g/mol. The molecule has 2 aromatic rings. The molecule has 5 heteroatoms. The van der Waals surface area contributed by atoms with Crippen molar-refractivity contribution in [1.82, 2.24) is 10.2 Å². The third kappa shape index (κ3) is 4.24. The van der Waals surface area contributed by atoms with Crippen LogP contribution in [0, 0.1) is 17.7 Å². The first kappa shape index (κ1) is 18.7. The Labute approximate surface area is 164 Å². The molecule has 1 N–H and O–H groups in total. The minimum Gasteiger partial charge on any atom is -0.352 e. The van der Waals surface area contributed by atoms with Gasteiger partial charge in [0.15, 0.2) is 0 Å². The maximum Gasteiger partial charge on any atom is 0.226 e. The third-order valence-corrected chi connectivity index (χ3v) is 5.70. The minimum atomic E-state index is -0.309. The van der Waals surface area contributed by atoms with Gasteiger partial charge in [-0.3, -0.25) is 9.59 Å². The average Bonchev–Trinajstić information content (AvgIpc) is 3.57. The van der Waals surface area contributed by atoms with Crippen molar-refractivity contribution in [3.8, 4) is 0 Å². The Morgan fingerprint density at radius 2 is 1.71 bits per heavy atom. The second kappa shape index (κ2) is 8.13. The Balaban J connectivity index is 1.43. The first-order chi connectivity index (χ1) is 13.6. The molecule has 2 fully saturated rings. The van der Waals surface area contributed by atoms with E-state index in [2.05, 4.69) is 17.4 Å². The summed E-state index contributed by atoms with van der Waals surface area (Å²) in [7, 11) is 0. The summed E-state index contributed by atoms with van der Waals surface area (Å²) in [6.07, 6.45) is 3.42. The molecule has 0 aromatic heterocycles. The van der Waals surface area contributed by atoms with Gasteiger partial charge in [-0.2, -0.15) is 0 Å². The second-order valence-electron chi connectivity index (χ2n) is 7.81. The lowest BCUT2D eigenvalue weighted by atomic mass is 9.88. The topological polar surface area (TPSA) is 49.4 Å². The van der Waals surface area contributed by atoms with E-state index in [4.69, 9.17) is 0 Å². The molecule has 0 spiro atoms. The SMILES string of the molecule is O=C(NCc1cccc(F)c1)[C@H]1CC[C@@H](c2ccccc2)N(C(=O)C2CC2)C1. The van der Waals surface area contributed by atoms with Crippen LogP contribution in [0.25, 0.3) is 0 Å². The fourth-order valence-electron chi connectivity index (χ4n) is 4.00. The summed E-state index contributed by atoms with van der Waals surface area (Å²) in [5.74, 6) is -0.297. The maximum atomic E-state index is 13.3. The fraction of sp³-hybridized carbons (Fsp3) is 0.391. The highest BCUT2D eigenvalue weighted by Gasteiger charge is 2.41. The van der Waals surface area contributed by atoms with Crippen LogP contribution in [0.15, 0.2) is 54.6 Å². The van der Waals surface area contributed by atoms with E-state index in [-0.39, 0.29) is 35.5 Å². The molecule has 28 heavy (non-hydrogen) atoms. The Kier molecular flexibility index (Phi) is 5.42. The number of nitrogens with zero attached hydrogens (tertiary/aromatic N) is 1. The molecule has 0 unspecified atom stereocenters. The normalized spacial score (nSPS) is 22.0. The van der Waals surface area contributed by atoms with E-state index in [0.717, 1.165) is 36.8 Å². The lowest BCUT2D eigenvalue weighted by molar-refractivity contribution is -0.140. The van der Waals surface area contributed by atoms with Gasteiger partial charge in [-0.05, 0) is 48.9 Å². The molecule has 2 amide bonds. The highest BCUT2D eigenvalue weighted by molar-refractivity contribution is 5.84. The van der Waals surface area contributed by atoms with Gasteiger partial charge in [0, 0.05) is 19.0 Å². The maximum absolute atomic E-state index is 13.3. The van der Waals surface area contributed by atoms with Crippen LogP contribution in [-0.2, 0) is 16.1 Å². The number of rotatable bonds is 5. The van der Waals surface area contributed by atoms with Gasteiger partial charge in [0.1, 0.15) is 5.82 Å². The van der Waals surface area contributed by atoms with Crippen molar-refractivity contribution in [3.05, 3.63) is 71.5 Å². The number of hydrogen-bond donors (Lipinski definition) is 1. The highest BCUT2D eigenvalue weighted by Crippen LogP contribution is 2.39. The summed E-state index contributed by atoms with van der Waals surface area (Å²) in [5.41, 5.74) is 1.87. The van der Waals surface area contributed by atoms with E-state index in [9.17, 15) is 14.0 Å². The number of piperidine rings is 1. The van der Waals surface area contributed by atoms with E-state index in [0.29, 0.717) is 13.1 Å². The van der Waals surface area contributed by atoms with Gasteiger partial charge in [-0.1, -0.05) is 42.5 Å². The predicted molar refractivity (Wildman–Crippen MR) is 105 cm³/mol. The highest BCUT2D eigenvalue weighted by atomic mass is 19.1. The summed E-state index contributed by atoms with van der Waals surface area (Å²) in [5, 5.41) is 2.91. The molecule has 1 saturated heterocycles. The van der Waals surface area contributed by atoms with Crippen molar-refractivity contribution in [2.24, 2.45) is 11.8 Å². The first-order valence-corrected chi connectivity index (χ1v) is 9.99. The molecule has 1 aliphatic carbocycles. The van der Waals surface area contributed by atoms with E-state index < -0.39 is 0 Å². The number of carbonyl (C=O) groups excluding carboxylic acids is 2. The van der Waals surface area contributed by atoms with Gasteiger partial charge in [0.25, 0.3) is 0 Å². The number of hydrogen-bond acceptors (Lipinski definition) is 2. The largest absolute Gasteiger partial charge is 0.352 e. The van der Waals surface area contributed by atoms with Crippen molar-refractivity contribution >= 4 is 11.8 Å². The Bertz CT molecular complexity index is 851. The van der Waals surface area contributed by atoms with Gasteiger partial charge >= 0.3 is 0 Å². The zero-order valence-electron chi connectivity index (χ0n) is 15.8. The van der Waals surface area contributed by atoms with E-state index in [1.807, 2.05) is 23.1 Å². The third-order valence-electron chi connectivity index (χ3n) is 5.70. The molecule has 1 aliphatic heterocycles.